The number of halogens is 4. The van der Waals surface area contributed by atoms with Gasteiger partial charge in [0.05, 0.1) is 6.04 Å². The van der Waals surface area contributed by atoms with E-state index in [4.69, 9.17) is 22.7 Å². The standard InChI is InChI=1S/C15H20ClF3N4/c1-22-8-2-3-12(22)13(20)23(14(21)15(17,18)19)9-10-4-6-11(16)7-5-10/h4-7,12,14,20H,2-3,8-9,21H2,1H3/t12-,14?/m1/s1. The van der Waals surface area contributed by atoms with Crippen LogP contribution < -0.4 is 5.73 Å². The zero-order valence-electron chi connectivity index (χ0n) is 12.8. The molecule has 0 aromatic heterocycles. The monoisotopic (exact) mass is 348 g/mol. The number of alkyl halides is 3. The molecule has 128 valence electrons. The maximum atomic E-state index is 13.1. The van der Waals surface area contributed by atoms with Gasteiger partial charge in [-0.05, 0) is 44.1 Å². The average Bonchev–Trinajstić information content (AvgIpc) is 2.90. The molecule has 1 saturated heterocycles. The van der Waals surface area contributed by atoms with E-state index in [1.54, 1.807) is 24.3 Å². The SMILES string of the molecule is CN1CCC[C@@H]1C(=N)N(Cc1ccc(Cl)cc1)C(N)C(F)(F)F. The van der Waals surface area contributed by atoms with Crippen molar-refractivity contribution in [2.24, 2.45) is 5.73 Å². The minimum absolute atomic E-state index is 0.0823. The summed E-state index contributed by atoms with van der Waals surface area (Å²) in [6.07, 6.45) is -5.29. The van der Waals surface area contributed by atoms with Crippen LogP contribution in [0.4, 0.5) is 13.2 Å². The van der Waals surface area contributed by atoms with E-state index in [9.17, 15) is 13.2 Å². The Balaban J connectivity index is 2.24. The molecule has 3 N–H and O–H groups in total. The van der Waals surface area contributed by atoms with Gasteiger partial charge in [-0.25, -0.2) is 0 Å². The van der Waals surface area contributed by atoms with E-state index in [0.717, 1.165) is 17.9 Å². The minimum Gasteiger partial charge on any atom is -0.331 e. The lowest BCUT2D eigenvalue weighted by molar-refractivity contribution is -0.173. The molecule has 1 aromatic carbocycles. The fraction of sp³-hybridized carbons (Fsp3) is 0.533. The Hall–Kier alpha value is -1.31. The normalized spacial score (nSPS) is 20.5. The second-order valence-corrected chi connectivity index (χ2v) is 6.20. The number of nitrogens with one attached hydrogen (secondary N) is 1. The molecule has 0 spiro atoms. The van der Waals surface area contributed by atoms with E-state index < -0.39 is 12.3 Å². The Morgan fingerprint density at radius 1 is 1.43 bits per heavy atom. The Labute approximate surface area is 138 Å². The summed E-state index contributed by atoms with van der Waals surface area (Å²) in [5.41, 5.74) is 6.03. The number of nitrogens with two attached hydrogens (primary N) is 1. The van der Waals surface area contributed by atoms with Crippen molar-refractivity contribution in [2.45, 2.75) is 37.8 Å². The van der Waals surface area contributed by atoms with E-state index in [1.807, 2.05) is 11.9 Å². The number of nitrogens with zero attached hydrogens (tertiary/aromatic N) is 2. The lowest BCUT2D eigenvalue weighted by Crippen LogP contribution is -2.57. The molecule has 1 fully saturated rings. The van der Waals surface area contributed by atoms with Gasteiger partial charge in [0.15, 0.2) is 6.17 Å². The van der Waals surface area contributed by atoms with Crippen LogP contribution in [0, 0.1) is 5.41 Å². The van der Waals surface area contributed by atoms with Gasteiger partial charge < -0.3 is 10.6 Å². The van der Waals surface area contributed by atoms with Crippen LogP contribution in [0.25, 0.3) is 0 Å². The highest BCUT2D eigenvalue weighted by atomic mass is 35.5. The first-order chi connectivity index (χ1) is 10.7. The third kappa shape index (κ3) is 4.37. The maximum Gasteiger partial charge on any atom is 0.422 e. The van der Waals surface area contributed by atoms with Crippen molar-refractivity contribution in [1.82, 2.24) is 9.80 Å². The highest BCUT2D eigenvalue weighted by molar-refractivity contribution is 6.30. The summed E-state index contributed by atoms with van der Waals surface area (Å²) in [6.45, 7) is 0.685. The summed E-state index contributed by atoms with van der Waals surface area (Å²) in [5, 5.41) is 8.76. The van der Waals surface area contributed by atoms with Crippen molar-refractivity contribution < 1.29 is 13.2 Å². The number of likely N-dealkylation sites (N-methyl/N-ethyl adjacent to an activating group) is 1. The second-order valence-electron chi connectivity index (χ2n) is 5.76. The highest BCUT2D eigenvalue weighted by Gasteiger charge is 2.44. The van der Waals surface area contributed by atoms with Crippen molar-refractivity contribution in [2.75, 3.05) is 13.6 Å². The Kier molecular flexibility index (Phi) is 5.54. The van der Waals surface area contributed by atoms with Crippen molar-refractivity contribution in [3.05, 3.63) is 34.9 Å². The summed E-state index contributed by atoms with van der Waals surface area (Å²) in [5.74, 6) is -0.0928. The Morgan fingerprint density at radius 2 is 2.04 bits per heavy atom. The summed E-state index contributed by atoms with van der Waals surface area (Å²) >= 11 is 5.80. The molecule has 1 aliphatic rings. The fourth-order valence-corrected chi connectivity index (χ4v) is 2.87. The maximum absolute atomic E-state index is 13.1. The van der Waals surface area contributed by atoms with Crippen LogP contribution in [0.3, 0.4) is 0 Å². The Morgan fingerprint density at radius 3 is 2.52 bits per heavy atom. The summed E-state index contributed by atoms with van der Waals surface area (Å²) < 4.78 is 39.3. The molecular formula is C15H20ClF3N4. The van der Waals surface area contributed by atoms with Gasteiger partial charge in [-0.3, -0.25) is 10.3 Å². The number of likely N-dealkylation sites (tertiary alicyclic amines) is 1. The van der Waals surface area contributed by atoms with Crippen molar-refractivity contribution in [3.8, 4) is 0 Å². The third-order valence-electron chi connectivity index (χ3n) is 4.08. The van der Waals surface area contributed by atoms with Crippen LogP contribution in [0.1, 0.15) is 18.4 Å². The molecule has 0 bridgehead atoms. The quantitative estimate of drug-likeness (QED) is 0.499. The zero-order valence-corrected chi connectivity index (χ0v) is 13.5. The minimum atomic E-state index is -4.60. The molecule has 1 aliphatic heterocycles. The van der Waals surface area contributed by atoms with Crippen LogP contribution >= 0.6 is 11.6 Å². The summed E-state index contributed by atoms with van der Waals surface area (Å²) in [4.78, 5) is 2.82. The van der Waals surface area contributed by atoms with Gasteiger partial charge in [0.1, 0.15) is 5.84 Å². The molecule has 2 rings (SSSR count). The van der Waals surface area contributed by atoms with E-state index >= 15 is 0 Å². The second kappa shape index (κ2) is 7.07. The number of hydrogen-bond acceptors (Lipinski definition) is 3. The third-order valence-corrected chi connectivity index (χ3v) is 4.33. The molecule has 1 heterocycles. The molecule has 0 aliphatic carbocycles. The molecule has 0 saturated carbocycles. The van der Waals surface area contributed by atoms with Crippen molar-refractivity contribution in [1.29, 1.82) is 5.41 Å². The van der Waals surface area contributed by atoms with Gasteiger partial charge in [-0.15, -0.1) is 0 Å². The molecule has 0 radical (unpaired) electrons. The lowest BCUT2D eigenvalue weighted by atomic mass is 10.1. The van der Waals surface area contributed by atoms with E-state index in [1.165, 1.54) is 0 Å². The van der Waals surface area contributed by atoms with E-state index in [0.29, 0.717) is 17.0 Å². The molecule has 1 aromatic rings. The predicted molar refractivity (Wildman–Crippen MR) is 84.4 cm³/mol. The molecular weight excluding hydrogens is 329 g/mol. The first-order valence-corrected chi connectivity index (χ1v) is 7.70. The van der Waals surface area contributed by atoms with Crippen LogP contribution in [0.15, 0.2) is 24.3 Å². The summed E-state index contributed by atoms with van der Waals surface area (Å²) in [6, 6.07) is 6.17. The average molecular weight is 349 g/mol. The predicted octanol–water partition coefficient (Wildman–Crippen LogP) is 3.06. The van der Waals surface area contributed by atoms with Crippen LogP contribution in [-0.2, 0) is 6.54 Å². The molecule has 1 unspecified atom stereocenters. The van der Waals surface area contributed by atoms with Crippen LogP contribution in [0.5, 0.6) is 0 Å². The fourth-order valence-electron chi connectivity index (χ4n) is 2.74. The number of rotatable bonds is 4. The molecule has 0 amide bonds. The van der Waals surface area contributed by atoms with Crippen molar-refractivity contribution in [3.63, 3.8) is 0 Å². The molecule has 23 heavy (non-hydrogen) atoms. The van der Waals surface area contributed by atoms with Gasteiger partial charge in [0.2, 0.25) is 0 Å². The topological polar surface area (TPSA) is 56.4 Å². The number of hydrogen-bond donors (Lipinski definition) is 2. The van der Waals surface area contributed by atoms with E-state index in [2.05, 4.69) is 0 Å². The van der Waals surface area contributed by atoms with Crippen molar-refractivity contribution >= 4 is 17.4 Å². The largest absolute Gasteiger partial charge is 0.422 e. The van der Waals surface area contributed by atoms with Gasteiger partial charge in [-0.1, -0.05) is 23.7 Å². The van der Waals surface area contributed by atoms with Gasteiger partial charge in [-0.2, -0.15) is 13.2 Å². The first kappa shape index (κ1) is 18.0. The molecule has 2 atom stereocenters. The van der Waals surface area contributed by atoms with Gasteiger partial charge in [0, 0.05) is 11.6 Å². The Bertz CT molecular complexity index is 547. The first-order valence-electron chi connectivity index (χ1n) is 7.32. The van der Waals surface area contributed by atoms with Crippen LogP contribution in [-0.4, -0.2) is 47.6 Å². The van der Waals surface area contributed by atoms with Gasteiger partial charge >= 0.3 is 6.18 Å². The summed E-state index contributed by atoms with van der Waals surface area (Å²) in [7, 11) is 1.81. The lowest BCUT2D eigenvalue weighted by Gasteiger charge is -2.36. The molecule has 4 nitrogen and oxygen atoms in total. The zero-order chi connectivity index (χ0) is 17.2. The highest BCUT2D eigenvalue weighted by Crippen LogP contribution is 2.26. The number of benzene rings is 1. The number of amidine groups is 1. The van der Waals surface area contributed by atoms with Gasteiger partial charge in [0.25, 0.3) is 0 Å². The smallest absolute Gasteiger partial charge is 0.331 e. The molecule has 8 heteroatoms. The van der Waals surface area contributed by atoms with Crippen LogP contribution in [0.2, 0.25) is 5.02 Å². The van der Waals surface area contributed by atoms with E-state index in [-0.39, 0.29) is 18.4 Å².